The smallest absolute Gasteiger partial charge is 0.228 e. The van der Waals surface area contributed by atoms with E-state index in [1.165, 1.54) is 12.1 Å². The molecule has 1 aromatic heterocycles. The number of hydrogen-bond donors (Lipinski definition) is 0. The highest BCUT2D eigenvalue weighted by Gasteiger charge is 2.12. The van der Waals surface area contributed by atoms with Gasteiger partial charge in [-0.3, -0.25) is 4.68 Å². The normalized spacial score (nSPS) is 10.1. The van der Waals surface area contributed by atoms with Gasteiger partial charge in [-0.15, -0.1) is 0 Å². The van der Waals surface area contributed by atoms with Gasteiger partial charge in [0.05, 0.1) is 6.54 Å². The largest absolute Gasteiger partial charge is 0.461 e. The summed E-state index contributed by atoms with van der Waals surface area (Å²) in [6.07, 6.45) is 3.31. The molecule has 2 aromatic rings. The Morgan fingerprint density at radius 1 is 1.44 bits per heavy atom. The van der Waals surface area contributed by atoms with Crippen LogP contribution >= 0.6 is 0 Å². The van der Waals surface area contributed by atoms with E-state index in [4.69, 9.17) is 5.26 Å². The second-order valence-electron chi connectivity index (χ2n) is 3.52. The van der Waals surface area contributed by atoms with Crippen LogP contribution in [0.5, 0.6) is 5.75 Å². The van der Waals surface area contributed by atoms with Crippen molar-refractivity contribution >= 4 is 0 Å². The molecular formula is C12H9F2N3O. The van der Waals surface area contributed by atoms with Crippen molar-refractivity contribution in [2.75, 3.05) is 6.86 Å². The van der Waals surface area contributed by atoms with Crippen LogP contribution in [-0.2, 0) is 6.54 Å². The van der Waals surface area contributed by atoms with Crippen LogP contribution in [0.3, 0.4) is 0 Å². The number of alkyl halides is 1. The Hall–Kier alpha value is -2.42. The molecular weight excluding hydrogens is 240 g/mol. The topological polar surface area (TPSA) is 50.8 Å². The van der Waals surface area contributed by atoms with E-state index in [-0.39, 0.29) is 11.3 Å². The summed E-state index contributed by atoms with van der Waals surface area (Å²) in [6.45, 7) is -0.794. The van der Waals surface area contributed by atoms with Gasteiger partial charge in [-0.2, -0.15) is 10.4 Å². The Bertz CT molecular complexity index is 576. The molecule has 0 fully saturated rings. The van der Waals surface area contributed by atoms with Gasteiger partial charge < -0.3 is 4.74 Å². The maximum Gasteiger partial charge on any atom is 0.228 e. The molecule has 0 aliphatic heterocycles. The lowest BCUT2D eigenvalue weighted by atomic mass is 10.1. The lowest BCUT2D eigenvalue weighted by Crippen LogP contribution is -2.03. The lowest BCUT2D eigenvalue weighted by Gasteiger charge is -2.08. The molecule has 0 atom stereocenters. The number of ether oxygens (including phenoxy) is 1. The molecule has 0 amide bonds. The average Bonchev–Trinajstić information content (AvgIpc) is 2.82. The average molecular weight is 249 g/mol. The van der Waals surface area contributed by atoms with Crippen LogP contribution in [-0.4, -0.2) is 16.6 Å². The quantitative estimate of drug-likeness (QED) is 0.835. The molecule has 18 heavy (non-hydrogen) atoms. The zero-order valence-corrected chi connectivity index (χ0v) is 9.31. The first-order chi connectivity index (χ1) is 8.74. The second-order valence-corrected chi connectivity index (χ2v) is 3.52. The van der Waals surface area contributed by atoms with Gasteiger partial charge in [0.2, 0.25) is 6.86 Å². The minimum atomic E-state index is -1.11. The zero-order valence-electron chi connectivity index (χ0n) is 9.31. The number of benzene rings is 1. The molecule has 0 radical (unpaired) electrons. The summed E-state index contributed by atoms with van der Waals surface area (Å²) < 4.78 is 32.0. The Morgan fingerprint density at radius 3 is 2.89 bits per heavy atom. The highest BCUT2D eigenvalue weighted by Crippen LogP contribution is 2.23. The molecule has 1 heterocycles. The zero-order chi connectivity index (χ0) is 13.0. The summed E-state index contributed by atoms with van der Waals surface area (Å²) in [6, 6.07) is 6.03. The molecule has 92 valence electrons. The van der Waals surface area contributed by atoms with E-state index in [1.54, 1.807) is 29.2 Å². The van der Waals surface area contributed by atoms with E-state index in [0.717, 1.165) is 0 Å². The Morgan fingerprint density at radius 2 is 2.28 bits per heavy atom. The molecule has 4 nitrogen and oxygen atoms in total. The van der Waals surface area contributed by atoms with Crippen LogP contribution in [0.2, 0.25) is 0 Å². The summed E-state index contributed by atoms with van der Waals surface area (Å²) in [4.78, 5) is 0. The van der Waals surface area contributed by atoms with Crippen LogP contribution in [0, 0.1) is 17.1 Å². The van der Waals surface area contributed by atoms with Crippen molar-refractivity contribution in [3.05, 3.63) is 47.5 Å². The molecule has 0 N–H and O–H groups in total. The predicted octanol–water partition coefficient (Wildman–Crippen LogP) is 2.25. The van der Waals surface area contributed by atoms with E-state index in [2.05, 4.69) is 9.84 Å². The van der Waals surface area contributed by atoms with Gasteiger partial charge in [-0.05, 0) is 23.8 Å². The summed E-state index contributed by atoms with van der Waals surface area (Å²) in [5, 5.41) is 12.7. The highest BCUT2D eigenvalue weighted by atomic mass is 19.1. The maximum atomic E-state index is 13.6. The monoisotopic (exact) mass is 249 g/mol. The summed E-state index contributed by atoms with van der Waals surface area (Å²) in [5.74, 6) is -0.826. The van der Waals surface area contributed by atoms with Gasteiger partial charge in [0.1, 0.15) is 23.2 Å². The number of hydrogen-bond acceptors (Lipinski definition) is 3. The molecule has 0 aliphatic rings. The fourth-order valence-electron chi connectivity index (χ4n) is 1.59. The van der Waals surface area contributed by atoms with Gasteiger partial charge in [0, 0.05) is 12.4 Å². The van der Waals surface area contributed by atoms with Crippen molar-refractivity contribution in [1.82, 2.24) is 9.78 Å². The van der Waals surface area contributed by atoms with E-state index >= 15 is 0 Å². The number of aromatic nitrogens is 2. The van der Waals surface area contributed by atoms with Crippen LogP contribution in [0.15, 0.2) is 30.6 Å². The van der Waals surface area contributed by atoms with Crippen LogP contribution in [0.25, 0.3) is 0 Å². The number of nitriles is 1. The minimum absolute atomic E-state index is 0.0952. The maximum absolute atomic E-state index is 13.6. The van der Waals surface area contributed by atoms with Gasteiger partial charge in [-0.1, -0.05) is 0 Å². The Balaban J connectivity index is 2.35. The molecule has 2 rings (SSSR count). The third-order valence-electron chi connectivity index (χ3n) is 2.34. The first kappa shape index (κ1) is 12.0. The van der Waals surface area contributed by atoms with Crippen LogP contribution in [0.1, 0.15) is 11.1 Å². The fourth-order valence-corrected chi connectivity index (χ4v) is 1.59. The molecule has 0 saturated carbocycles. The van der Waals surface area contributed by atoms with Crippen molar-refractivity contribution in [3.63, 3.8) is 0 Å². The number of nitrogens with zero attached hydrogens (tertiary/aromatic N) is 3. The van der Waals surface area contributed by atoms with Crippen molar-refractivity contribution in [1.29, 1.82) is 5.26 Å². The van der Waals surface area contributed by atoms with E-state index in [0.29, 0.717) is 12.1 Å². The number of rotatable bonds is 4. The SMILES string of the molecule is N#Cc1c(F)cc(Cn2cccn2)cc1OCF. The van der Waals surface area contributed by atoms with Gasteiger partial charge >= 0.3 is 0 Å². The van der Waals surface area contributed by atoms with Crippen LogP contribution in [0.4, 0.5) is 8.78 Å². The van der Waals surface area contributed by atoms with Crippen molar-refractivity contribution in [3.8, 4) is 11.8 Å². The van der Waals surface area contributed by atoms with Gasteiger partial charge in [-0.25, -0.2) is 8.78 Å². The molecule has 0 bridgehead atoms. The molecule has 0 saturated heterocycles. The summed E-state index contributed by atoms with van der Waals surface area (Å²) in [7, 11) is 0. The van der Waals surface area contributed by atoms with Gasteiger partial charge in [0.15, 0.2) is 0 Å². The molecule has 0 spiro atoms. The van der Waals surface area contributed by atoms with Crippen LogP contribution < -0.4 is 4.74 Å². The first-order valence-electron chi connectivity index (χ1n) is 5.13. The Labute approximate surface area is 102 Å². The summed E-state index contributed by atoms with van der Waals surface area (Å²) in [5.41, 5.74) is 0.246. The minimum Gasteiger partial charge on any atom is -0.461 e. The molecule has 6 heteroatoms. The van der Waals surface area contributed by atoms with Crippen molar-refractivity contribution in [2.45, 2.75) is 6.54 Å². The standard InChI is InChI=1S/C12H9F2N3O/c13-8-18-12-5-9(4-11(14)10(12)6-15)7-17-3-1-2-16-17/h1-5H,7-8H2. The fraction of sp³-hybridized carbons (Fsp3) is 0.167. The Kier molecular flexibility index (Phi) is 3.53. The van der Waals surface area contributed by atoms with Crippen molar-refractivity contribution < 1.29 is 13.5 Å². The second kappa shape index (κ2) is 5.27. The molecule has 1 aromatic carbocycles. The lowest BCUT2D eigenvalue weighted by molar-refractivity contribution is 0.190. The van der Waals surface area contributed by atoms with E-state index < -0.39 is 12.7 Å². The third kappa shape index (κ3) is 2.46. The molecule has 0 unspecified atom stereocenters. The highest BCUT2D eigenvalue weighted by molar-refractivity contribution is 5.46. The van der Waals surface area contributed by atoms with E-state index in [9.17, 15) is 8.78 Å². The number of halogens is 2. The first-order valence-corrected chi connectivity index (χ1v) is 5.13. The van der Waals surface area contributed by atoms with Crippen molar-refractivity contribution in [2.24, 2.45) is 0 Å². The summed E-state index contributed by atoms with van der Waals surface area (Å²) >= 11 is 0. The predicted molar refractivity (Wildman–Crippen MR) is 59.0 cm³/mol. The molecule has 0 aliphatic carbocycles. The van der Waals surface area contributed by atoms with E-state index in [1.807, 2.05) is 0 Å². The third-order valence-corrected chi connectivity index (χ3v) is 2.34. The van der Waals surface area contributed by atoms with Gasteiger partial charge in [0.25, 0.3) is 0 Å².